The molecule has 0 spiro atoms. The molecule has 21 heavy (non-hydrogen) atoms. The number of ether oxygens (including phenoxy) is 1. The Hall–Kier alpha value is -1.71. The maximum Gasteiger partial charge on any atom is 0.183 e. The number of carbonyl (C=O) groups is 1. The fourth-order valence-electron chi connectivity index (χ4n) is 3.00. The van der Waals surface area contributed by atoms with Gasteiger partial charge in [-0.05, 0) is 12.8 Å². The molecule has 1 saturated heterocycles. The van der Waals surface area contributed by atoms with Crippen LogP contribution in [0.2, 0.25) is 0 Å². The molecule has 0 aromatic heterocycles. The molecule has 1 aromatic rings. The third-order valence-corrected chi connectivity index (χ3v) is 4.04. The van der Waals surface area contributed by atoms with Crippen molar-refractivity contribution in [3.8, 4) is 0 Å². The molecule has 0 atom stereocenters. The van der Waals surface area contributed by atoms with Gasteiger partial charge in [0.25, 0.3) is 0 Å². The van der Waals surface area contributed by atoms with E-state index in [1.165, 1.54) is 0 Å². The molecule has 3 nitrogen and oxygen atoms in total. The van der Waals surface area contributed by atoms with E-state index in [9.17, 15) is 4.79 Å². The number of benzene rings is 1. The largest absolute Gasteiger partial charge is 0.379 e. The lowest BCUT2D eigenvalue weighted by Gasteiger charge is -2.43. The van der Waals surface area contributed by atoms with Crippen molar-refractivity contribution >= 4 is 5.78 Å². The molecule has 0 aliphatic carbocycles. The standard InChI is InChI=1S/C18H23NO2/c1-3-10-18(11-4-2,19-12-14-21-15-13-19)17(20)16-8-6-5-7-9-16/h3-9H,1-2,10-15H2. The van der Waals surface area contributed by atoms with E-state index in [0.717, 1.165) is 18.7 Å². The summed E-state index contributed by atoms with van der Waals surface area (Å²) in [5.41, 5.74) is 0.155. The third-order valence-electron chi connectivity index (χ3n) is 4.04. The Labute approximate surface area is 126 Å². The van der Waals surface area contributed by atoms with Gasteiger partial charge in [0.1, 0.15) is 0 Å². The van der Waals surface area contributed by atoms with E-state index < -0.39 is 5.54 Å². The monoisotopic (exact) mass is 285 g/mol. The van der Waals surface area contributed by atoms with Crippen molar-refractivity contribution in [1.82, 2.24) is 4.90 Å². The number of ketones is 1. The van der Waals surface area contributed by atoms with Crippen LogP contribution in [0.4, 0.5) is 0 Å². The van der Waals surface area contributed by atoms with Gasteiger partial charge in [-0.25, -0.2) is 0 Å². The second-order valence-corrected chi connectivity index (χ2v) is 5.31. The first-order valence-electron chi connectivity index (χ1n) is 7.39. The van der Waals surface area contributed by atoms with Gasteiger partial charge in [-0.1, -0.05) is 42.5 Å². The average Bonchev–Trinajstić information content (AvgIpc) is 2.55. The summed E-state index contributed by atoms with van der Waals surface area (Å²) >= 11 is 0. The topological polar surface area (TPSA) is 29.5 Å². The normalized spacial score (nSPS) is 16.4. The molecule has 112 valence electrons. The molecule has 0 bridgehead atoms. The predicted octanol–water partition coefficient (Wildman–Crippen LogP) is 3.09. The molecule has 1 aliphatic rings. The van der Waals surface area contributed by atoms with Gasteiger partial charge in [0, 0.05) is 18.7 Å². The lowest BCUT2D eigenvalue weighted by Crippen LogP contribution is -2.57. The van der Waals surface area contributed by atoms with Crippen LogP contribution < -0.4 is 0 Å². The summed E-state index contributed by atoms with van der Waals surface area (Å²) in [5.74, 6) is 0.143. The van der Waals surface area contributed by atoms with Crippen molar-refractivity contribution in [3.05, 3.63) is 61.2 Å². The van der Waals surface area contributed by atoms with Gasteiger partial charge in [-0.15, -0.1) is 13.2 Å². The first kappa shape index (κ1) is 15.7. The van der Waals surface area contributed by atoms with Crippen LogP contribution in [0.3, 0.4) is 0 Å². The van der Waals surface area contributed by atoms with Crippen LogP contribution in [0.1, 0.15) is 23.2 Å². The number of hydrogen-bond acceptors (Lipinski definition) is 3. The molecule has 2 rings (SSSR count). The highest BCUT2D eigenvalue weighted by Gasteiger charge is 2.42. The maximum absolute atomic E-state index is 13.2. The highest BCUT2D eigenvalue weighted by Crippen LogP contribution is 2.30. The van der Waals surface area contributed by atoms with E-state index in [1.807, 2.05) is 42.5 Å². The summed E-state index contributed by atoms with van der Waals surface area (Å²) in [7, 11) is 0. The van der Waals surface area contributed by atoms with Crippen molar-refractivity contribution in [2.45, 2.75) is 18.4 Å². The molecule has 0 amide bonds. The summed E-state index contributed by atoms with van der Waals surface area (Å²) < 4.78 is 5.43. The molecule has 0 unspecified atom stereocenters. The fraction of sp³-hybridized carbons (Fsp3) is 0.389. The number of carbonyl (C=O) groups excluding carboxylic acids is 1. The Morgan fingerprint density at radius 1 is 1.14 bits per heavy atom. The number of nitrogens with zero attached hydrogens (tertiary/aromatic N) is 1. The Bertz CT molecular complexity index is 479. The van der Waals surface area contributed by atoms with Crippen LogP contribution >= 0.6 is 0 Å². The average molecular weight is 285 g/mol. The Balaban J connectivity index is 2.39. The minimum absolute atomic E-state index is 0.143. The lowest BCUT2D eigenvalue weighted by atomic mass is 9.81. The summed E-state index contributed by atoms with van der Waals surface area (Å²) in [6.45, 7) is 10.6. The van der Waals surface area contributed by atoms with Gasteiger partial charge < -0.3 is 4.74 Å². The van der Waals surface area contributed by atoms with Crippen molar-refractivity contribution in [1.29, 1.82) is 0 Å². The van der Waals surface area contributed by atoms with Gasteiger partial charge in [-0.2, -0.15) is 0 Å². The first-order chi connectivity index (χ1) is 10.2. The van der Waals surface area contributed by atoms with Gasteiger partial charge in [-0.3, -0.25) is 9.69 Å². The quantitative estimate of drug-likeness (QED) is 0.569. The summed E-state index contributed by atoms with van der Waals surface area (Å²) in [4.78, 5) is 15.4. The fourth-order valence-corrected chi connectivity index (χ4v) is 3.00. The second-order valence-electron chi connectivity index (χ2n) is 5.31. The molecule has 0 N–H and O–H groups in total. The van der Waals surface area contributed by atoms with Crippen molar-refractivity contribution < 1.29 is 9.53 Å². The Morgan fingerprint density at radius 2 is 1.71 bits per heavy atom. The minimum Gasteiger partial charge on any atom is -0.379 e. The zero-order valence-corrected chi connectivity index (χ0v) is 12.5. The van der Waals surface area contributed by atoms with E-state index in [0.29, 0.717) is 26.1 Å². The van der Waals surface area contributed by atoms with Crippen LogP contribution in [0.5, 0.6) is 0 Å². The zero-order chi connectivity index (χ0) is 15.1. The predicted molar refractivity (Wildman–Crippen MR) is 85.5 cm³/mol. The highest BCUT2D eigenvalue weighted by molar-refractivity contribution is 6.03. The van der Waals surface area contributed by atoms with Crippen LogP contribution in [0.25, 0.3) is 0 Å². The first-order valence-corrected chi connectivity index (χ1v) is 7.39. The van der Waals surface area contributed by atoms with E-state index in [1.54, 1.807) is 0 Å². The number of rotatable bonds is 7. The van der Waals surface area contributed by atoms with Gasteiger partial charge in [0.15, 0.2) is 5.78 Å². The zero-order valence-electron chi connectivity index (χ0n) is 12.5. The van der Waals surface area contributed by atoms with Crippen LogP contribution in [-0.4, -0.2) is 42.5 Å². The van der Waals surface area contributed by atoms with Crippen molar-refractivity contribution in [3.63, 3.8) is 0 Å². The van der Waals surface area contributed by atoms with Gasteiger partial charge in [0.2, 0.25) is 0 Å². The summed E-state index contributed by atoms with van der Waals surface area (Å²) in [5, 5.41) is 0. The van der Waals surface area contributed by atoms with E-state index in [-0.39, 0.29) is 5.78 Å². The highest BCUT2D eigenvalue weighted by atomic mass is 16.5. The molecule has 1 aromatic carbocycles. The minimum atomic E-state index is -0.589. The smallest absolute Gasteiger partial charge is 0.183 e. The third kappa shape index (κ3) is 3.31. The molecule has 1 aliphatic heterocycles. The molecule has 0 saturated carbocycles. The molecular weight excluding hydrogens is 262 g/mol. The van der Waals surface area contributed by atoms with Crippen molar-refractivity contribution in [2.75, 3.05) is 26.3 Å². The van der Waals surface area contributed by atoms with Crippen LogP contribution in [0, 0.1) is 0 Å². The summed E-state index contributed by atoms with van der Waals surface area (Å²) in [6.07, 6.45) is 4.90. The number of Topliss-reactive ketones (excluding diaryl/α,β-unsaturated/α-hetero) is 1. The lowest BCUT2D eigenvalue weighted by molar-refractivity contribution is -0.0134. The van der Waals surface area contributed by atoms with Crippen LogP contribution in [0.15, 0.2) is 55.6 Å². The van der Waals surface area contributed by atoms with Crippen LogP contribution in [-0.2, 0) is 4.74 Å². The van der Waals surface area contributed by atoms with Crippen molar-refractivity contribution in [2.24, 2.45) is 0 Å². The molecule has 1 heterocycles. The van der Waals surface area contributed by atoms with E-state index in [4.69, 9.17) is 4.74 Å². The maximum atomic E-state index is 13.2. The molecular formula is C18H23NO2. The molecule has 0 radical (unpaired) electrons. The second kappa shape index (κ2) is 7.34. The Morgan fingerprint density at radius 3 is 2.24 bits per heavy atom. The van der Waals surface area contributed by atoms with E-state index >= 15 is 0 Å². The Kier molecular flexibility index (Phi) is 5.48. The van der Waals surface area contributed by atoms with E-state index in [2.05, 4.69) is 18.1 Å². The SMILES string of the molecule is C=CCC(CC=C)(C(=O)c1ccccc1)N1CCOCC1. The molecule has 3 heteroatoms. The summed E-state index contributed by atoms with van der Waals surface area (Å²) in [6, 6.07) is 9.49. The molecule has 1 fully saturated rings. The van der Waals surface area contributed by atoms with Gasteiger partial charge in [0.05, 0.1) is 18.8 Å². The van der Waals surface area contributed by atoms with Gasteiger partial charge >= 0.3 is 0 Å². The number of morpholine rings is 1. The number of hydrogen-bond donors (Lipinski definition) is 0.